The Balaban J connectivity index is 2.81. The predicted octanol–water partition coefficient (Wildman–Crippen LogP) is 0.587. The quantitative estimate of drug-likeness (QED) is 0.585. The van der Waals surface area contributed by atoms with E-state index in [0.717, 1.165) is 0 Å². The van der Waals surface area contributed by atoms with Crippen LogP contribution in [0.1, 0.15) is 34.6 Å². The van der Waals surface area contributed by atoms with E-state index in [-0.39, 0.29) is 12.5 Å². The second kappa shape index (κ2) is 6.51. The van der Waals surface area contributed by atoms with Gasteiger partial charge in [-0.15, -0.1) is 0 Å². The maximum absolute atomic E-state index is 11.1. The minimum absolute atomic E-state index is 0.215. The van der Waals surface area contributed by atoms with Gasteiger partial charge in [-0.2, -0.15) is 0 Å². The van der Waals surface area contributed by atoms with Gasteiger partial charge in [-0.3, -0.25) is 9.59 Å². The van der Waals surface area contributed by atoms with Crippen LogP contribution in [-0.2, 0) is 28.5 Å². The van der Waals surface area contributed by atoms with Gasteiger partial charge in [0, 0.05) is 33.6 Å². The van der Waals surface area contributed by atoms with Crippen LogP contribution in [0.5, 0.6) is 0 Å². The molecule has 1 saturated heterocycles. The van der Waals surface area contributed by atoms with Crippen LogP contribution >= 0.6 is 0 Å². The number of hydrogen-bond donors (Lipinski definition) is 1. The topological polar surface area (TPSA) is 91.3 Å². The molecule has 4 atom stereocenters. The molecule has 20 heavy (non-hydrogen) atoms. The normalized spacial score (nSPS) is 30.1. The number of rotatable bonds is 5. The summed E-state index contributed by atoms with van der Waals surface area (Å²) in [6.07, 6.45) is -2.07. The summed E-state index contributed by atoms with van der Waals surface area (Å²) in [6, 6.07) is 0. The van der Waals surface area contributed by atoms with Crippen molar-refractivity contribution in [1.29, 1.82) is 0 Å². The summed E-state index contributed by atoms with van der Waals surface area (Å²) in [7, 11) is 0. The highest BCUT2D eigenvalue weighted by molar-refractivity contribution is 5.66. The molecular weight excluding hydrogens is 268 g/mol. The SMILES string of the molecule is CC(=O)O[C@@H]1O[C@H](CO)[C@@H](C)[C@H]1OC(C)(C)OC(C)=O. The van der Waals surface area contributed by atoms with Gasteiger partial charge < -0.3 is 24.1 Å². The number of ether oxygens (including phenoxy) is 4. The van der Waals surface area contributed by atoms with Gasteiger partial charge in [-0.25, -0.2) is 0 Å². The minimum Gasteiger partial charge on any atom is -0.434 e. The molecule has 0 aliphatic carbocycles. The Morgan fingerprint density at radius 1 is 1.25 bits per heavy atom. The van der Waals surface area contributed by atoms with E-state index >= 15 is 0 Å². The molecule has 1 aliphatic rings. The average molecular weight is 290 g/mol. The van der Waals surface area contributed by atoms with Gasteiger partial charge >= 0.3 is 11.9 Å². The zero-order valence-corrected chi connectivity index (χ0v) is 12.4. The minimum atomic E-state index is -1.18. The van der Waals surface area contributed by atoms with E-state index in [0.29, 0.717) is 0 Å². The fourth-order valence-electron chi connectivity index (χ4n) is 2.16. The van der Waals surface area contributed by atoms with Gasteiger partial charge in [0.1, 0.15) is 6.10 Å². The van der Waals surface area contributed by atoms with E-state index < -0.39 is 36.2 Å². The van der Waals surface area contributed by atoms with E-state index in [2.05, 4.69) is 0 Å². The maximum atomic E-state index is 11.1. The van der Waals surface area contributed by atoms with E-state index in [1.165, 1.54) is 13.8 Å². The average Bonchev–Trinajstić information content (AvgIpc) is 2.54. The zero-order valence-electron chi connectivity index (χ0n) is 12.4. The van der Waals surface area contributed by atoms with Gasteiger partial charge in [-0.05, 0) is 0 Å². The van der Waals surface area contributed by atoms with Crippen molar-refractivity contribution in [3.63, 3.8) is 0 Å². The molecule has 7 nitrogen and oxygen atoms in total. The fraction of sp³-hybridized carbons (Fsp3) is 0.846. The van der Waals surface area contributed by atoms with Crippen LogP contribution in [0.15, 0.2) is 0 Å². The molecule has 1 N–H and O–H groups in total. The highest BCUT2D eigenvalue weighted by Gasteiger charge is 2.47. The molecule has 1 fully saturated rings. The van der Waals surface area contributed by atoms with Crippen molar-refractivity contribution < 1.29 is 33.6 Å². The largest absolute Gasteiger partial charge is 0.434 e. The molecule has 0 amide bonds. The molecule has 1 aliphatic heterocycles. The lowest BCUT2D eigenvalue weighted by Gasteiger charge is -2.31. The van der Waals surface area contributed by atoms with Gasteiger partial charge in [0.05, 0.1) is 12.7 Å². The molecule has 0 bridgehead atoms. The van der Waals surface area contributed by atoms with Crippen LogP contribution in [-0.4, -0.2) is 47.9 Å². The molecule has 7 heteroatoms. The van der Waals surface area contributed by atoms with Crippen LogP contribution in [0.25, 0.3) is 0 Å². The molecule has 0 spiro atoms. The Labute approximate surface area is 118 Å². The standard InChI is InChI=1S/C13H22O7/c1-7-10(6-14)18-12(17-8(2)15)11(7)20-13(4,5)19-9(3)16/h7,10-12,14H,6H2,1-5H3/t7-,10-,11-,12-/m1/s1. The molecule has 1 rings (SSSR count). The Kier molecular flexibility index (Phi) is 5.50. The molecule has 0 unspecified atom stereocenters. The second-order valence-corrected chi connectivity index (χ2v) is 5.27. The summed E-state index contributed by atoms with van der Waals surface area (Å²) in [5.41, 5.74) is 0. The second-order valence-electron chi connectivity index (χ2n) is 5.27. The summed E-state index contributed by atoms with van der Waals surface area (Å²) in [6.45, 7) is 7.29. The number of esters is 2. The van der Waals surface area contributed by atoms with Crippen molar-refractivity contribution in [3.8, 4) is 0 Å². The third kappa shape index (κ3) is 4.43. The highest BCUT2D eigenvalue weighted by Crippen LogP contribution is 2.33. The first-order valence-electron chi connectivity index (χ1n) is 6.47. The molecule has 0 aromatic heterocycles. The molecule has 0 aromatic carbocycles. The van der Waals surface area contributed by atoms with Crippen molar-refractivity contribution in [1.82, 2.24) is 0 Å². The van der Waals surface area contributed by atoms with Crippen molar-refractivity contribution >= 4 is 11.9 Å². The van der Waals surface area contributed by atoms with Crippen molar-refractivity contribution in [2.24, 2.45) is 5.92 Å². The highest BCUT2D eigenvalue weighted by atomic mass is 16.8. The summed E-state index contributed by atoms with van der Waals surface area (Å²) >= 11 is 0. The van der Waals surface area contributed by atoms with Crippen LogP contribution < -0.4 is 0 Å². The number of hydrogen-bond acceptors (Lipinski definition) is 7. The van der Waals surface area contributed by atoms with Gasteiger partial charge in [-0.1, -0.05) is 6.92 Å². The van der Waals surface area contributed by atoms with Gasteiger partial charge in [0.25, 0.3) is 0 Å². The molecule has 116 valence electrons. The number of aliphatic hydroxyl groups is 1. The molecule has 0 aromatic rings. The predicted molar refractivity (Wildman–Crippen MR) is 67.4 cm³/mol. The summed E-state index contributed by atoms with van der Waals surface area (Å²) < 4.78 is 21.2. The van der Waals surface area contributed by atoms with Crippen molar-refractivity contribution in [2.45, 2.75) is 58.9 Å². The van der Waals surface area contributed by atoms with Crippen molar-refractivity contribution in [2.75, 3.05) is 6.61 Å². The summed E-state index contributed by atoms with van der Waals surface area (Å²) in [5, 5.41) is 9.24. The lowest BCUT2D eigenvalue weighted by molar-refractivity contribution is -0.262. The third-order valence-electron chi connectivity index (χ3n) is 2.95. The first kappa shape index (κ1) is 16.9. The molecule has 0 radical (unpaired) electrons. The third-order valence-corrected chi connectivity index (χ3v) is 2.95. The molecule has 0 saturated carbocycles. The summed E-state index contributed by atoms with van der Waals surface area (Å²) in [4.78, 5) is 22.1. The Bertz CT molecular complexity index is 366. The van der Waals surface area contributed by atoms with Gasteiger partial charge in [0.15, 0.2) is 0 Å². The van der Waals surface area contributed by atoms with Crippen LogP contribution in [0.4, 0.5) is 0 Å². The monoisotopic (exact) mass is 290 g/mol. The number of aliphatic hydroxyl groups excluding tert-OH is 1. The maximum Gasteiger partial charge on any atom is 0.305 e. The number of carbonyl (C=O) groups excluding carboxylic acids is 2. The first-order chi connectivity index (χ1) is 9.16. The molecular formula is C13H22O7. The van der Waals surface area contributed by atoms with Crippen LogP contribution in [0, 0.1) is 5.92 Å². The molecule has 1 heterocycles. The zero-order chi connectivity index (χ0) is 15.5. The smallest absolute Gasteiger partial charge is 0.305 e. The first-order valence-corrected chi connectivity index (χ1v) is 6.47. The Hall–Kier alpha value is -1.18. The van der Waals surface area contributed by atoms with Crippen LogP contribution in [0.2, 0.25) is 0 Å². The van der Waals surface area contributed by atoms with Crippen molar-refractivity contribution in [3.05, 3.63) is 0 Å². The Morgan fingerprint density at radius 3 is 2.30 bits per heavy atom. The lowest BCUT2D eigenvalue weighted by atomic mass is 10.0. The fourth-order valence-corrected chi connectivity index (χ4v) is 2.16. The lowest BCUT2D eigenvalue weighted by Crippen LogP contribution is -2.42. The van der Waals surface area contributed by atoms with Gasteiger partial charge in [0.2, 0.25) is 12.1 Å². The van der Waals surface area contributed by atoms with E-state index in [1.807, 2.05) is 0 Å². The number of carbonyl (C=O) groups is 2. The van der Waals surface area contributed by atoms with Crippen LogP contribution in [0.3, 0.4) is 0 Å². The summed E-state index contributed by atoms with van der Waals surface area (Å²) in [5.74, 6) is -2.40. The van der Waals surface area contributed by atoms with E-state index in [9.17, 15) is 14.7 Å². The Morgan fingerprint density at radius 2 is 1.85 bits per heavy atom. The van der Waals surface area contributed by atoms with E-state index in [1.54, 1.807) is 20.8 Å². The van der Waals surface area contributed by atoms with E-state index in [4.69, 9.17) is 18.9 Å².